The summed E-state index contributed by atoms with van der Waals surface area (Å²) < 4.78 is 55.7. The van der Waals surface area contributed by atoms with Gasteiger partial charge in [0.2, 0.25) is 5.75 Å². The van der Waals surface area contributed by atoms with Crippen LogP contribution in [0.15, 0.2) is 40.6 Å². The van der Waals surface area contributed by atoms with Gasteiger partial charge in [-0.05, 0) is 48.7 Å². The Morgan fingerprint density at radius 3 is 2.31 bits per heavy atom. The summed E-state index contributed by atoms with van der Waals surface area (Å²) in [4.78, 5) is 6.94. The lowest BCUT2D eigenvalue weighted by atomic mass is 10.1. The summed E-state index contributed by atoms with van der Waals surface area (Å²) >= 11 is 7.33. The number of ether oxygens (including phenoxy) is 3. The van der Waals surface area contributed by atoms with E-state index in [2.05, 4.69) is 4.90 Å². The van der Waals surface area contributed by atoms with Crippen LogP contribution in [-0.4, -0.2) is 53.1 Å². The maximum absolute atomic E-state index is 13.5. The van der Waals surface area contributed by atoms with E-state index in [1.54, 1.807) is 21.3 Å². The number of aromatic nitrogens is 1. The number of piperidine rings is 1. The van der Waals surface area contributed by atoms with E-state index in [0.29, 0.717) is 49.6 Å². The van der Waals surface area contributed by atoms with Gasteiger partial charge in [-0.2, -0.15) is 0 Å². The van der Waals surface area contributed by atoms with Crippen molar-refractivity contribution in [3.8, 4) is 17.2 Å². The topological polar surface area (TPSA) is 78.0 Å². The Labute approximate surface area is 213 Å². The molecular weight excluding hydrogens is 515 g/mol. The zero-order valence-electron chi connectivity index (χ0n) is 19.6. The molecule has 3 aromatic rings. The van der Waals surface area contributed by atoms with E-state index in [1.807, 2.05) is 17.5 Å². The Morgan fingerprint density at radius 2 is 1.74 bits per heavy atom. The number of sulfone groups is 1. The molecule has 1 saturated heterocycles. The van der Waals surface area contributed by atoms with Crippen LogP contribution < -0.4 is 19.1 Å². The molecule has 1 aromatic heterocycles. The molecule has 0 amide bonds. The molecule has 0 aliphatic carbocycles. The average molecular weight is 541 g/mol. The van der Waals surface area contributed by atoms with Gasteiger partial charge in [-0.3, -0.25) is 0 Å². The maximum Gasteiger partial charge on any atom is 0.203 e. The van der Waals surface area contributed by atoms with E-state index in [9.17, 15) is 12.8 Å². The monoisotopic (exact) mass is 540 g/mol. The van der Waals surface area contributed by atoms with Gasteiger partial charge in [0, 0.05) is 24.9 Å². The number of halogens is 2. The fraction of sp³-hybridized carbons (Fsp3) is 0.375. The van der Waals surface area contributed by atoms with E-state index in [1.165, 1.54) is 23.5 Å². The molecular formula is C24H26ClFN2O5S2. The Hall–Kier alpha value is -2.56. The molecule has 0 atom stereocenters. The normalized spacial score (nSPS) is 14.7. The zero-order valence-corrected chi connectivity index (χ0v) is 22.0. The highest BCUT2D eigenvalue weighted by Gasteiger charge is 2.32. The first-order chi connectivity index (χ1) is 16.8. The predicted molar refractivity (Wildman–Crippen MR) is 135 cm³/mol. The van der Waals surface area contributed by atoms with Gasteiger partial charge in [0.1, 0.15) is 5.82 Å². The van der Waals surface area contributed by atoms with Crippen LogP contribution in [0.5, 0.6) is 17.2 Å². The first kappa shape index (κ1) is 25.5. The van der Waals surface area contributed by atoms with E-state index >= 15 is 0 Å². The van der Waals surface area contributed by atoms with E-state index in [0.717, 1.165) is 22.5 Å². The molecule has 2 heterocycles. The standard InChI is InChI=1S/C24H26ClFN2O5S2/c1-31-21-11-15(12-22(32-2)23(21)33-3)10-16-14-34-24(27-16)28-8-6-17(7-9-28)35(29,30)18-4-5-20(26)19(25)13-18/h4-5,11-14,17H,6-10H2,1-3H3. The minimum atomic E-state index is -3.59. The van der Waals surface area contributed by atoms with Crippen LogP contribution >= 0.6 is 22.9 Å². The second-order valence-electron chi connectivity index (χ2n) is 8.14. The largest absolute Gasteiger partial charge is 0.493 e. The SMILES string of the molecule is COc1cc(Cc2csc(N3CCC(S(=O)(=O)c4ccc(F)c(Cl)c4)CC3)n2)cc(OC)c1OC. The molecule has 0 N–H and O–H groups in total. The highest BCUT2D eigenvalue weighted by atomic mass is 35.5. The van der Waals surface area contributed by atoms with Gasteiger partial charge in [-0.1, -0.05) is 11.6 Å². The van der Waals surface area contributed by atoms with Crippen LogP contribution in [0.3, 0.4) is 0 Å². The molecule has 0 unspecified atom stereocenters. The Morgan fingerprint density at radius 1 is 1.09 bits per heavy atom. The van der Waals surface area contributed by atoms with Gasteiger partial charge in [0.25, 0.3) is 0 Å². The molecule has 1 fully saturated rings. The Balaban J connectivity index is 1.43. The highest BCUT2D eigenvalue weighted by Crippen LogP contribution is 2.39. The minimum absolute atomic E-state index is 0.0595. The fourth-order valence-corrected chi connectivity index (χ4v) is 7.05. The fourth-order valence-electron chi connectivity index (χ4n) is 4.17. The lowest BCUT2D eigenvalue weighted by molar-refractivity contribution is 0.324. The Kier molecular flexibility index (Phi) is 7.73. The summed E-state index contributed by atoms with van der Waals surface area (Å²) in [6.07, 6.45) is 1.50. The van der Waals surface area contributed by atoms with Gasteiger partial charge < -0.3 is 19.1 Å². The van der Waals surface area contributed by atoms with Crippen molar-refractivity contribution in [2.24, 2.45) is 0 Å². The van der Waals surface area contributed by atoms with Gasteiger partial charge in [0.15, 0.2) is 26.5 Å². The van der Waals surface area contributed by atoms with E-state index in [-0.39, 0.29) is 9.92 Å². The second kappa shape index (κ2) is 10.6. The van der Waals surface area contributed by atoms with E-state index in [4.69, 9.17) is 30.8 Å². The first-order valence-corrected chi connectivity index (χ1v) is 13.7. The van der Waals surface area contributed by atoms with Gasteiger partial charge in [-0.15, -0.1) is 11.3 Å². The smallest absolute Gasteiger partial charge is 0.203 e. The van der Waals surface area contributed by atoms with Crippen molar-refractivity contribution in [2.75, 3.05) is 39.3 Å². The van der Waals surface area contributed by atoms with Crippen LogP contribution in [0.25, 0.3) is 0 Å². The van der Waals surface area contributed by atoms with Crippen molar-refractivity contribution in [3.63, 3.8) is 0 Å². The third-order valence-electron chi connectivity index (χ3n) is 6.02. The van der Waals surface area contributed by atoms with Crippen molar-refractivity contribution < 1.29 is 27.0 Å². The lowest BCUT2D eigenvalue weighted by Gasteiger charge is -2.31. The molecule has 1 aliphatic heterocycles. The number of thiazole rings is 1. The highest BCUT2D eigenvalue weighted by molar-refractivity contribution is 7.92. The summed E-state index contributed by atoms with van der Waals surface area (Å²) in [5, 5.41) is 2.12. The maximum atomic E-state index is 13.5. The molecule has 2 aromatic carbocycles. The number of nitrogens with zero attached hydrogens (tertiary/aromatic N) is 2. The van der Waals surface area contributed by atoms with Gasteiger partial charge >= 0.3 is 0 Å². The number of methoxy groups -OCH3 is 3. The van der Waals surface area contributed by atoms with Crippen LogP contribution in [0.4, 0.5) is 9.52 Å². The lowest BCUT2D eigenvalue weighted by Crippen LogP contribution is -2.39. The minimum Gasteiger partial charge on any atom is -0.493 e. The molecule has 0 spiro atoms. The van der Waals surface area contributed by atoms with Gasteiger partial charge in [0.05, 0.1) is 42.2 Å². The molecule has 188 valence electrons. The number of hydrogen-bond acceptors (Lipinski definition) is 8. The molecule has 7 nitrogen and oxygen atoms in total. The molecule has 0 radical (unpaired) electrons. The number of rotatable bonds is 8. The number of hydrogen-bond donors (Lipinski definition) is 0. The summed E-state index contributed by atoms with van der Waals surface area (Å²) in [5.41, 5.74) is 1.87. The summed E-state index contributed by atoms with van der Waals surface area (Å²) in [7, 11) is 1.14. The summed E-state index contributed by atoms with van der Waals surface area (Å²) in [6.45, 7) is 1.13. The van der Waals surface area contributed by atoms with Gasteiger partial charge in [-0.25, -0.2) is 17.8 Å². The molecule has 0 saturated carbocycles. The van der Waals surface area contributed by atoms with Crippen molar-refractivity contribution in [2.45, 2.75) is 29.4 Å². The Bertz CT molecular complexity index is 1280. The summed E-state index contributed by atoms with van der Waals surface area (Å²) in [5.74, 6) is 1.08. The number of benzene rings is 2. The van der Waals surface area contributed by atoms with Crippen LogP contribution in [0.1, 0.15) is 24.1 Å². The van der Waals surface area contributed by atoms with Crippen molar-refractivity contribution in [1.82, 2.24) is 4.98 Å². The van der Waals surface area contributed by atoms with Crippen molar-refractivity contribution in [3.05, 3.63) is 57.8 Å². The molecule has 0 bridgehead atoms. The first-order valence-electron chi connectivity index (χ1n) is 10.9. The molecule has 35 heavy (non-hydrogen) atoms. The van der Waals surface area contributed by atoms with Crippen LogP contribution in [0.2, 0.25) is 5.02 Å². The van der Waals surface area contributed by atoms with Crippen molar-refractivity contribution >= 4 is 37.9 Å². The molecule has 1 aliphatic rings. The molecule has 4 rings (SSSR count). The second-order valence-corrected chi connectivity index (χ2v) is 11.6. The van der Waals surface area contributed by atoms with E-state index < -0.39 is 20.9 Å². The number of anilines is 1. The van der Waals surface area contributed by atoms with Crippen LogP contribution in [-0.2, 0) is 16.3 Å². The quantitative estimate of drug-likeness (QED) is 0.372. The van der Waals surface area contributed by atoms with Crippen molar-refractivity contribution in [1.29, 1.82) is 0 Å². The molecule has 11 heteroatoms. The average Bonchev–Trinajstić information content (AvgIpc) is 3.33. The summed E-state index contributed by atoms with van der Waals surface area (Å²) in [6, 6.07) is 7.36. The predicted octanol–water partition coefficient (Wildman–Crippen LogP) is 4.99. The zero-order chi connectivity index (χ0) is 25.2. The third kappa shape index (κ3) is 5.34. The third-order valence-corrected chi connectivity index (χ3v) is 9.52. The van der Waals surface area contributed by atoms with Crippen LogP contribution in [0, 0.1) is 5.82 Å².